The van der Waals surface area contributed by atoms with Gasteiger partial charge in [0.05, 0.1) is 17.4 Å². The third kappa shape index (κ3) is 2.74. The minimum absolute atomic E-state index is 0.162. The van der Waals surface area contributed by atoms with Gasteiger partial charge in [0.15, 0.2) is 0 Å². The van der Waals surface area contributed by atoms with E-state index in [1.165, 1.54) is 35.0 Å². The molecule has 3 nitrogen and oxygen atoms in total. The molecule has 1 atom stereocenters. The summed E-state index contributed by atoms with van der Waals surface area (Å²) in [6.07, 6.45) is -3.39. The maximum atomic E-state index is 14.3. The van der Waals surface area contributed by atoms with E-state index in [2.05, 4.69) is 5.10 Å². The topological polar surface area (TPSA) is 38.1 Å². The molecule has 0 spiro atoms. The Morgan fingerprint density at radius 2 is 1.63 bits per heavy atom. The predicted octanol–water partition coefficient (Wildman–Crippen LogP) is 6.04. The molecule has 7 heteroatoms. The quantitative estimate of drug-likeness (QED) is 0.384. The Hall–Kier alpha value is -3.16. The monoisotopic (exact) mass is 424 g/mol. The van der Waals surface area contributed by atoms with Gasteiger partial charge in [-0.25, -0.2) is 4.68 Å². The first-order valence-electron chi connectivity index (χ1n) is 9.19. The van der Waals surface area contributed by atoms with Crippen molar-refractivity contribution in [1.82, 2.24) is 9.78 Å². The zero-order valence-electron chi connectivity index (χ0n) is 15.5. The van der Waals surface area contributed by atoms with E-state index in [9.17, 15) is 18.3 Å². The molecule has 0 saturated carbocycles. The Morgan fingerprint density at radius 1 is 0.900 bits per heavy atom. The van der Waals surface area contributed by atoms with E-state index in [0.29, 0.717) is 21.0 Å². The molecule has 5 aromatic rings. The van der Waals surface area contributed by atoms with Crippen molar-refractivity contribution in [3.05, 3.63) is 95.5 Å². The third-order valence-electron chi connectivity index (χ3n) is 5.27. The van der Waals surface area contributed by atoms with E-state index < -0.39 is 11.8 Å². The first-order chi connectivity index (χ1) is 14.4. The molecule has 0 aliphatic heterocycles. The van der Waals surface area contributed by atoms with Crippen LogP contribution in [0.1, 0.15) is 11.1 Å². The maximum absolute atomic E-state index is 14.3. The summed E-state index contributed by atoms with van der Waals surface area (Å²) in [5, 5.41) is 17.7. The lowest BCUT2D eigenvalue weighted by molar-refractivity contribution is -0.247. The molecule has 5 rings (SSSR count). The highest BCUT2D eigenvalue weighted by Gasteiger charge is 2.57. The van der Waals surface area contributed by atoms with Gasteiger partial charge in [-0.1, -0.05) is 42.5 Å². The Bertz CT molecular complexity index is 1360. The summed E-state index contributed by atoms with van der Waals surface area (Å²) < 4.78 is 45.2. The Balaban J connectivity index is 1.71. The number of rotatable bonds is 3. The second kappa shape index (κ2) is 6.68. The number of aromatic nitrogens is 2. The average molecular weight is 424 g/mol. The second-order valence-electron chi connectivity index (χ2n) is 7.02. The van der Waals surface area contributed by atoms with Gasteiger partial charge < -0.3 is 5.11 Å². The van der Waals surface area contributed by atoms with E-state index in [1.54, 1.807) is 35.0 Å². The lowest BCUT2D eigenvalue weighted by Gasteiger charge is -2.31. The van der Waals surface area contributed by atoms with Gasteiger partial charge >= 0.3 is 6.18 Å². The van der Waals surface area contributed by atoms with Crippen LogP contribution in [0.15, 0.2) is 84.4 Å². The van der Waals surface area contributed by atoms with Crippen molar-refractivity contribution in [3.8, 4) is 5.69 Å². The summed E-state index contributed by atoms with van der Waals surface area (Å²) in [4.78, 5) is 0. The summed E-state index contributed by atoms with van der Waals surface area (Å²) >= 11 is 1.18. The summed E-state index contributed by atoms with van der Waals surface area (Å²) in [7, 11) is 0. The van der Waals surface area contributed by atoms with Gasteiger partial charge in [-0.05, 0) is 46.7 Å². The van der Waals surface area contributed by atoms with Crippen molar-refractivity contribution in [2.75, 3.05) is 0 Å². The number of benzene rings is 3. The van der Waals surface area contributed by atoms with Crippen molar-refractivity contribution in [2.45, 2.75) is 11.8 Å². The minimum atomic E-state index is -4.90. The zero-order chi connectivity index (χ0) is 20.9. The molecule has 150 valence electrons. The molecule has 30 heavy (non-hydrogen) atoms. The van der Waals surface area contributed by atoms with Gasteiger partial charge in [-0.2, -0.15) is 18.3 Å². The number of hydrogen-bond donors (Lipinski definition) is 1. The van der Waals surface area contributed by atoms with Crippen LogP contribution in [0.3, 0.4) is 0 Å². The molecule has 2 aromatic heterocycles. The highest BCUT2D eigenvalue weighted by molar-refractivity contribution is 7.17. The summed E-state index contributed by atoms with van der Waals surface area (Å²) in [6.45, 7) is 0. The Kier molecular flexibility index (Phi) is 4.20. The van der Waals surface area contributed by atoms with Crippen LogP contribution in [0.5, 0.6) is 0 Å². The second-order valence-corrected chi connectivity index (χ2v) is 7.93. The van der Waals surface area contributed by atoms with Gasteiger partial charge in [0.2, 0.25) is 5.60 Å². The Morgan fingerprint density at radius 3 is 2.40 bits per heavy atom. The van der Waals surface area contributed by atoms with Crippen molar-refractivity contribution >= 4 is 32.3 Å². The number of aliphatic hydroxyl groups is 1. The largest absolute Gasteiger partial charge is 0.425 e. The fourth-order valence-corrected chi connectivity index (χ4v) is 4.77. The van der Waals surface area contributed by atoms with Crippen LogP contribution in [0.2, 0.25) is 0 Å². The summed E-state index contributed by atoms with van der Waals surface area (Å²) in [5.74, 6) is 0. The highest BCUT2D eigenvalue weighted by Crippen LogP contribution is 2.48. The van der Waals surface area contributed by atoms with Gasteiger partial charge in [-0.15, -0.1) is 11.3 Å². The predicted molar refractivity (Wildman–Crippen MR) is 112 cm³/mol. The number of alkyl halides is 3. The van der Waals surface area contributed by atoms with Gasteiger partial charge in [-0.3, -0.25) is 0 Å². The lowest BCUT2D eigenvalue weighted by Crippen LogP contribution is -2.43. The fraction of sp³-hybridized carbons (Fsp3) is 0.0870. The standard InChI is InChI=1S/C23H15F3N2OS/c24-23(25,26)22(29,19-14-30-21-9-5-4-8-18(19)21)16-10-11-20-15(12-16)13-27-28(20)17-6-2-1-3-7-17/h1-14,29H. The average Bonchev–Trinajstić information content (AvgIpc) is 3.37. The van der Waals surface area contributed by atoms with Crippen LogP contribution in [0, 0.1) is 0 Å². The van der Waals surface area contributed by atoms with Crippen LogP contribution in [-0.4, -0.2) is 21.1 Å². The highest BCUT2D eigenvalue weighted by atomic mass is 32.1. The Labute approximate surface area is 173 Å². The smallest absolute Gasteiger partial charge is 0.372 e. The molecule has 0 aliphatic rings. The van der Waals surface area contributed by atoms with Crippen LogP contribution < -0.4 is 0 Å². The van der Waals surface area contributed by atoms with Crippen molar-refractivity contribution in [3.63, 3.8) is 0 Å². The lowest BCUT2D eigenvalue weighted by atomic mass is 9.85. The number of hydrogen-bond acceptors (Lipinski definition) is 3. The molecule has 1 unspecified atom stereocenters. The number of fused-ring (bicyclic) bond motifs is 2. The van der Waals surface area contributed by atoms with Gasteiger partial charge in [0.1, 0.15) is 0 Å². The first-order valence-corrected chi connectivity index (χ1v) is 10.1. The molecule has 3 aromatic carbocycles. The van der Waals surface area contributed by atoms with Gasteiger partial charge in [0.25, 0.3) is 0 Å². The molecule has 1 N–H and O–H groups in total. The summed E-state index contributed by atoms with van der Waals surface area (Å²) in [5.41, 5.74) is -2.07. The number of para-hydroxylation sites is 1. The van der Waals surface area contributed by atoms with Crippen LogP contribution in [0.25, 0.3) is 26.7 Å². The van der Waals surface area contributed by atoms with E-state index >= 15 is 0 Å². The van der Waals surface area contributed by atoms with Crippen molar-refractivity contribution in [1.29, 1.82) is 0 Å². The molecular weight excluding hydrogens is 409 g/mol. The number of nitrogens with zero attached hydrogens (tertiary/aromatic N) is 2. The molecule has 0 aliphatic carbocycles. The molecular formula is C23H15F3N2OS. The van der Waals surface area contributed by atoms with E-state index in [0.717, 1.165) is 5.69 Å². The summed E-state index contributed by atoms with van der Waals surface area (Å²) in [6, 6.07) is 20.4. The maximum Gasteiger partial charge on any atom is 0.425 e. The van der Waals surface area contributed by atoms with Gasteiger partial charge in [0, 0.05) is 15.6 Å². The van der Waals surface area contributed by atoms with Crippen LogP contribution in [-0.2, 0) is 5.60 Å². The van der Waals surface area contributed by atoms with Crippen LogP contribution in [0.4, 0.5) is 13.2 Å². The minimum Gasteiger partial charge on any atom is -0.372 e. The van der Waals surface area contributed by atoms with E-state index in [4.69, 9.17) is 0 Å². The van der Waals surface area contributed by atoms with Crippen LogP contribution >= 0.6 is 11.3 Å². The van der Waals surface area contributed by atoms with Crippen molar-refractivity contribution < 1.29 is 18.3 Å². The zero-order valence-corrected chi connectivity index (χ0v) is 16.3. The van der Waals surface area contributed by atoms with E-state index in [1.807, 2.05) is 30.3 Å². The molecule has 0 amide bonds. The normalized spacial score (nSPS) is 14.3. The molecule has 0 saturated heterocycles. The number of thiophene rings is 1. The van der Waals surface area contributed by atoms with Crippen molar-refractivity contribution in [2.24, 2.45) is 0 Å². The molecule has 2 heterocycles. The first kappa shape index (κ1) is 18.8. The van der Waals surface area contributed by atoms with E-state index in [-0.39, 0.29) is 11.1 Å². The number of halogens is 3. The fourth-order valence-electron chi connectivity index (χ4n) is 3.76. The molecule has 0 fully saturated rings. The third-order valence-corrected chi connectivity index (χ3v) is 6.23. The molecule has 0 bridgehead atoms. The SMILES string of the molecule is OC(c1ccc2c(cnn2-c2ccccc2)c1)(c1csc2ccccc12)C(F)(F)F. The molecule has 0 radical (unpaired) electrons.